The summed E-state index contributed by atoms with van der Waals surface area (Å²) in [6.07, 6.45) is 0. The van der Waals surface area contributed by atoms with Gasteiger partial charge in [-0.3, -0.25) is 10.1 Å². The van der Waals surface area contributed by atoms with Crippen LogP contribution in [-0.4, -0.2) is 12.0 Å². The smallest absolute Gasteiger partial charge is 0.269 e. The lowest BCUT2D eigenvalue weighted by atomic mass is 10.2. The summed E-state index contributed by atoms with van der Waals surface area (Å²) in [5.74, 6) is 1.39. The van der Waals surface area contributed by atoms with E-state index in [1.54, 1.807) is 19.2 Å². The normalized spacial score (nSPS) is 9.95. The van der Waals surface area contributed by atoms with Crippen LogP contribution in [0.3, 0.4) is 0 Å². The molecule has 0 atom stereocenters. The van der Waals surface area contributed by atoms with Crippen LogP contribution in [0.1, 0.15) is 5.56 Å². The number of hydrogen-bond acceptors (Lipinski definition) is 4. The second kappa shape index (κ2) is 5.86. The zero-order chi connectivity index (χ0) is 13.7. The van der Waals surface area contributed by atoms with Crippen LogP contribution in [0.15, 0.2) is 48.5 Å². The number of nitro groups is 1. The first-order chi connectivity index (χ1) is 9.19. The highest BCUT2D eigenvalue weighted by Crippen LogP contribution is 2.19. The van der Waals surface area contributed by atoms with Crippen LogP contribution in [0.25, 0.3) is 0 Å². The van der Waals surface area contributed by atoms with E-state index in [1.165, 1.54) is 12.1 Å². The second-order valence-electron chi connectivity index (χ2n) is 3.89. The van der Waals surface area contributed by atoms with E-state index in [1.807, 2.05) is 24.3 Å². The van der Waals surface area contributed by atoms with Gasteiger partial charge in [-0.15, -0.1) is 0 Å². The number of benzene rings is 2. The molecule has 0 amide bonds. The summed E-state index contributed by atoms with van der Waals surface area (Å²) in [7, 11) is 1.61. The van der Waals surface area contributed by atoms with Crippen LogP contribution in [0.5, 0.6) is 11.5 Å². The van der Waals surface area contributed by atoms with Crippen LogP contribution in [0.2, 0.25) is 0 Å². The maximum Gasteiger partial charge on any atom is 0.269 e. The second-order valence-corrected chi connectivity index (χ2v) is 3.89. The van der Waals surface area contributed by atoms with Crippen molar-refractivity contribution in [3.63, 3.8) is 0 Å². The van der Waals surface area contributed by atoms with Crippen molar-refractivity contribution in [2.45, 2.75) is 6.61 Å². The molecule has 0 aliphatic heterocycles. The minimum Gasteiger partial charge on any atom is -0.497 e. The molecule has 2 aromatic rings. The molecular weight excluding hydrogens is 246 g/mol. The van der Waals surface area contributed by atoms with Gasteiger partial charge in [-0.2, -0.15) is 0 Å². The fourth-order valence-electron chi connectivity index (χ4n) is 1.55. The van der Waals surface area contributed by atoms with E-state index < -0.39 is 4.92 Å². The molecule has 2 aromatic carbocycles. The van der Waals surface area contributed by atoms with Crippen molar-refractivity contribution in [1.82, 2.24) is 0 Å². The third kappa shape index (κ3) is 3.45. The van der Waals surface area contributed by atoms with E-state index >= 15 is 0 Å². The topological polar surface area (TPSA) is 61.6 Å². The molecule has 0 aromatic heterocycles. The van der Waals surface area contributed by atoms with Gasteiger partial charge in [-0.25, -0.2) is 0 Å². The Labute approximate surface area is 110 Å². The fourth-order valence-corrected chi connectivity index (χ4v) is 1.55. The molecule has 0 fully saturated rings. The van der Waals surface area contributed by atoms with E-state index in [2.05, 4.69) is 0 Å². The van der Waals surface area contributed by atoms with Gasteiger partial charge in [-0.1, -0.05) is 12.1 Å². The molecule has 0 saturated heterocycles. The number of nitro benzene ring substituents is 1. The number of rotatable bonds is 5. The summed E-state index contributed by atoms with van der Waals surface area (Å²) >= 11 is 0. The van der Waals surface area contributed by atoms with Crippen LogP contribution in [0.4, 0.5) is 5.69 Å². The first-order valence-corrected chi connectivity index (χ1v) is 5.69. The molecule has 0 spiro atoms. The Morgan fingerprint density at radius 1 is 1.00 bits per heavy atom. The molecule has 0 saturated carbocycles. The molecule has 98 valence electrons. The summed E-state index contributed by atoms with van der Waals surface area (Å²) in [5.41, 5.74) is 1.05. The Morgan fingerprint density at radius 3 is 2.11 bits per heavy atom. The largest absolute Gasteiger partial charge is 0.497 e. The average molecular weight is 259 g/mol. The van der Waals surface area contributed by atoms with Gasteiger partial charge < -0.3 is 9.47 Å². The first-order valence-electron chi connectivity index (χ1n) is 5.69. The van der Waals surface area contributed by atoms with Gasteiger partial charge in [0.25, 0.3) is 5.69 Å². The highest BCUT2D eigenvalue weighted by atomic mass is 16.6. The van der Waals surface area contributed by atoms with Gasteiger partial charge in [-0.05, 0) is 29.8 Å². The predicted octanol–water partition coefficient (Wildman–Crippen LogP) is 3.18. The van der Waals surface area contributed by atoms with Crippen LogP contribution in [-0.2, 0) is 6.61 Å². The standard InChI is InChI=1S/C14H13NO4/c1-18-13-6-2-11(3-7-13)10-19-14-8-4-12(5-9-14)15(16)17/h2-9H,10H2,1H3. The van der Waals surface area contributed by atoms with Gasteiger partial charge in [0, 0.05) is 12.1 Å². The van der Waals surface area contributed by atoms with Crippen molar-refractivity contribution >= 4 is 5.69 Å². The highest BCUT2D eigenvalue weighted by Gasteiger charge is 2.04. The van der Waals surface area contributed by atoms with Crippen molar-refractivity contribution < 1.29 is 14.4 Å². The Hall–Kier alpha value is -2.56. The minimum atomic E-state index is -0.437. The zero-order valence-electron chi connectivity index (χ0n) is 10.4. The molecule has 0 radical (unpaired) electrons. The number of non-ortho nitro benzene ring substituents is 1. The quantitative estimate of drug-likeness (QED) is 0.611. The number of hydrogen-bond donors (Lipinski definition) is 0. The zero-order valence-corrected chi connectivity index (χ0v) is 10.4. The van der Waals surface area contributed by atoms with Gasteiger partial charge >= 0.3 is 0 Å². The molecule has 0 N–H and O–H groups in total. The van der Waals surface area contributed by atoms with E-state index in [0.717, 1.165) is 11.3 Å². The third-order valence-electron chi connectivity index (χ3n) is 2.61. The van der Waals surface area contributed by atoms with Crippen LogP contribution >= 0.6 is 0 Å². The molecule has 0 heterocycles. The maximum absolute atomic E-state index is 10.5. The van der Waals surface area contributed by atoms with Gasteiger partial charge in [0.1, 0.15) is 18.1 Å². The Morgan fingerprint density at radius 2 is 1.58 bits per heavy atom. The van der Waals surface area contributed by atoms with Gasteiger partial charge in [0.15, 0.2) is 0 Å². The lowest BCUT2D eigenvalue weighted by molar-refractivity contribution is -0.384. The van der Waals surface area contributed by atoms with Crippen LogP contribution in [0, 0.1) is 10.1 Å². The Bertz CT molecular complexity index is 549. The SMILES string of the molecule is COc1ccc(COc2ccc([N+](=O)[O-])cc2)cc1. The third-order valence-corrected chi connectivity index (χ3v) is 2.61. The average Bonchev–Trinajstić information content (AvgIpc) is 2.46. The number of nitrogens with zero attached hydrogens (tertiary/aromatic N) is 1. The summed E-state index contributed by atoms with van der Waals surface area (Å²) < 4.78 is 10.6. The van der Waals surface area contributed by atoms with Crippen molar-refractivity contribution in [3.05, 3.63) is 64.2 Å². The summed E-state index contributed by atoms with van der Waals surface area (Å²) in [6, 6.07) is 13.5. The van der Waals surface area contributed by atoms with E-state index in [9.17, 15) is 10.1 Å². The van der Waals surface area contributed by atoms with Crippen molar-refractivity contribution in [2.24, 2.45) is 0 Å². The summed E-state index contributed by atoms with van der Waals surface area (Å²) in [4.78, 5) is 10.1. The van der Waals surface area contributed by atoms with E-state index in [4.69, 9.17) is 9.47 Å². The van der Waals surface area contributed by atoms with E-state index in [0.29, 0.717) is 12.4 Å². The summed E-state index contributed by atoms with van der Waals surface area (Å²) in [6.45, 7) is 0.405. The lowest BCUT2D eigenvalue weighted by Crippen LogP contribution is -1.96. The van der Waals surface area contributed by atoms with Crippen LogP contribution < -0.4 is 9.47 Å². The van der Waals surface area contributed by atoms with Crippen molar-refractivity contribution in [3.8, 4) is 11.5 Å². The molecule has 0 aliphatic carbocycles. The molecule has 2 rings (SSSR count). The van der Waals surface area contributed by atoms with Gasteiger partial charge in [0.2, 0.25) is 0 Å². The molecule has 0 unspecified atom stereocenters. The Balaban J connectivity index is 1.95. The Kier molecular flexibility index (Phi) is 3.97. The highest BCUT2D eigenvalue weighted by molar-refractivity contribution is 5.36. The number of methoxy groups -OCH3 is 1. The van der Waals surface area contributed by atoms with Crippen molar-refractivity contribution in [2.75, 3.05) is 7.11 Å². The lowest BCUT2D eigenvalue weighted by Gasteiger charge is -2.06. The first kappa shape index (κ1) is 12.9. The van der Waals surface area contributed by atoms with E-state index in [-0.39, 0.29) is 5.69 Å². The fraction of sp³-hybridized carbons (Fsp3) is 0.143. The number of ether oxygens (including phenoxy) is 2. The molecular formula is C14H13NO4. The molecule has 5 nitrogen and oxygen atoms in total. The predicted molar refractivity (Wildman–Crippen MR) is 70.4 cm³/mol. The maximum atomic E-state index is 10.5. The molecule has 0 aliphatic rings. The molecule has 5 heteroatoms. The summed E-state index contributed by atoms with van der Waals surface area (Å²) in [5, 5.41) is 10.5. The molecule has 19 heavy (non-hydrogen) atoms. The minimum absolute atomic E-state index is 0.0526. The van der Waals surface area contributed by atoms with Gasteiger partial charge in [0.05, 0.1) is 12.0 Å². The van der Waals surface area contributed by atoms with Crippen molar-refractivity contribution in [1.29, 1.82) is 0 Å². The monoisotopic (exact) mass is 259 g/mol. The molecule has 0 bridgehead atoms.